The maximum Gasteiger partial charge on any atom is 0.319 e. The standard InChI is InChI=1S/C14H26N2O3/c1-4-18-11-14-7-5-9-19-12(14)6-8-16(10-14)13(17)15(2)3/h12H,4-11H2,1-3H3/t12-,14-/m1/s1. The van der Waals surface area contributed by atoms with Gasteiger partial charge in [0.1, 0.15) is 0 Å². The lowest BCUT2D eigenvalue weighted by Crippen LogP contribution is -2.59. The number of amides is 2. The van der Waals surface area contributed by atoms with E-state index in [2.05, 4.69) is 0 Å². The second-order valence-corrected chi connectivity index (χ2v) is 5.85. The van der Waals surface area contributed by atoms with Crippen LogP contribution >= 0.6 is 0 Å². The van der Waals surface area contributed by atoms with E-state index in [1.54, 1.807) is 19.0 Å². The summed E-state index contributed by atoms with van der Waals surface area (Å²) in [6.07, 6.45) is 3.33. The van der Waals surface area contributed by atoms with Crippen LogP contribution in [0.25, 0.3) is 0 Å². The minimum Gasteiger partial charge on any atom is -0.381 e. The third-order valence-electron chi connectivity index (χ3n) is 4.23. The summed E-state index contributed by atoms with van der Waals surface area (Å²) < 4.78 is 11.6. The van der Waals surface area contributed by atoms with E-state index in [0.29, 0.717) is 6.61 Å². The highest BCUT2D eigenvalue weighted by molar-refractivity contribution is 5.74. The van der Waals surface area contributed by atoms with Crippen molar-refractivity contribution in [3.63, 3.8) is 0 Å². The fraction of sp³-hybridized carbons (Fsp3) is 0.929. The summed E-state index contributed by atoms with van der Waals surface area (Å²) in [5, 5.41) is 0. The average Bonchev–Trinajstić information content (AvgIpc) is 2.43. The van der Waals surface area contributed by atoms with Crippen molar-refractivity contribution in [2.75, 3.05) is 47.0 Å². The van der Waals surface area contributed by atoms with Crippen molar-refractivity contribution in [3.8, 4) is 0 Å². The molecule has 2 atom stereocenters. The molecular weight excluding hydrogens is 244 g/mol. The molecule has 2 saturated heterocycles. The van der Waals surface area contributed by atoms with Gasteiger partial charge in [-0.15, -0.1) is 0 Å². The van der Waals surface area contributed by atoms with Gasteiger partial charge in [0.25, 0.3) is 0 Å². The quantitative estimate of drug-likeness (QED) is 0.782. The molecule has 0 unspecified atom stereocenters. The van der Waals surface area contributed by atoms with Gasteiger partial charge < -0.3 is 19.3 Å². The Morgan fingerprint density at radius 1 is 1.53 bits per heavy atom. The first-order valence-corrected chi connectivity index (χ1v) is 7.24. The minimum atomic E-state index is -0.00181. The van der Waals surface area contributed by atoms with Crippen LogP contribution in [0.4, 0.5) is 4.79 Å². The summed E-state index contributed by atoms with van der Waals surface area (Å²) >= 11 is 0. The first-order valence-electron chi connectivity index (χ1n) is 7.24. The number of rotatable bonds is 3. The molecule has 0 aromatic heterocycles. The Bertz CT molecular complexity index is 322. The number of hydrogen-bond acceptors (Lipinski definition) is 3. The maximum absolute atomic E-state index is 12.2. The summed E-state index contributed by atoms with van der Waals surface area (Å²) in [6, 6.07) is 0.0971. The highest BCUT2D eigenvalue weighted by Crippen LogP contribution is 2.40. The second kappa shape index (κ2) is 6.09. The first kappa shape index (κ1) is 14.6. The Hall–Kier alpha value is -0.810. The minimum absolute atomic E-state index is 0.00181. The molecule has 5 nitrogen and oxygen atoms in total. The van der Waals surface area contributed by atoms with Crippen molar-refractivity contribution < 1.29 is 14.3 Å². The summed E-state index contributed by atoms with van der Waals surface area (Å²) in [5.74, 6) is 0. The molecule has 2 heterocycles. The lowest BCUT2D eigenvalue weighted by Gasteiger charge is -2.50. The van der Waals surface area contributed by atoms with Crippen LogP contribution in [0.15, 0.2) is 0 Å². The first-order chi connectivity index (χ1) is 9.09. The van der Waals surface area contributed by atoms with Crippen molar-refractivity contribution in [3.05, 3.63) is 0 Å². The van der Waals surface area contributed by atoms with E-state index in [9.17, 15) is 4.79 Å². The van der Waals surface area contributed by atoms with Gasteiger partial charge in [0.2, 0.25) is 0 Å². The van der Waals surface area contributed by atoms with Crippen molar-refractivity contribution in [1.82, 2.24) is 9.80 Å². The van der Waals surface area contributed by atoms with Crippen LogP contribution in [-0.4, -0.2) is 68.9 Å². The van der Waals surface area contributed by atoms with Crippen LogP contribution in [-0.2, 0) is 9.47 Å². The third kappa shape index (κ3) is 3.03. The van der Waals surface area contributed by atoms with Gasteiger partial charge in [0.15, 0.2) is 0 Å². The molecule has 2 aliphatic heterocycles. The van der Waals surface area contributed by atoms with Gasteiger partial charge in [-0.25, -0.2) is 4.79 Å². The molecule has 0 spiro atoms. The summed E-state index contributed by atoms with van der Waals surface area (Å²) in [7, 11) is 3.61. The van der Waals surface area contributed by atoms with E-state index in [-0.39, 0.29) is 17.6 Å². The van der Waals surface area contributed by atoms with Crippen LogP contribution in [0.5, 0.6) is 0 Å². The Morgan fingerprint density at radius 2 is 2.32 bits per heavy atom. The average molecular weight is 270 g/mol. The molecule has 2 fully saturated rings. The fourth-order valence-corrected chi connectivity index (χ4v) is 3.25. The van der Waals surface area contributed by atoms with Gasteiger partial charge in [-0.3, -0.25) is 0 Å². The van der Waals surface area contributed by atoms with E-state index in [1.807, 2.05) is 11.8 Å². The number of urea groups is 1. The van der Waals surface area contributed by atoms with Crippen LogP contribution in [0, 0.1) is 5.41 Å². The second-order valence-electron chi connectivity index (χ2n) is 5.85. The number of fused-ring (bicyclic) bond motifs is 1. The number of carbonyl (C=O) groups excluding carboxylic acids is 1. The molecule has 2 rings (SSSR count). The predicted molar refractivity (Wildman–Crippen MR) is 73.2 cm³/mol. The van der Waals surface area contributed by atoms with E-state index in [1.165, 1.54) is 0 Å². The molecule has 0 radical (unpaired) electrons. The SMILES string of the molecule is CCOC[C@]12CCCO[C@@H]1CCN(C(=O)N(C)C)C2. The molecular formula is C14H26N2O3. The van der Waals surface area contributed by atoms with Crippen molar-refractivity contribution in [2.24, 2.45) is 5.41 Å². The number of likely N-dealkylation sites (tertiary alicyclic amines) is 1. The highest BCUT2D eigenvalue weighted by Gasteiger charge is 2.47. The van der Waals surface area contributed by atoms with Crippen molar-refractivity contribution in [2.45, 2.75) is 32.3 Å². The van der Waals surface area contributed by atoms with Gasteiger partial charge in [-0.2, -0.15) is 0 Å². The van der Waals surface area contributed by atoms with Gasteiger partial charge in [0, 0.05) is 45.8 Å². The van der Waals surface area contributed by atoms with Gasteiger partial charge in [-0.05, 0) is 26.2 Å². The normalized spacial score (nSPS) is 30.9. The summed E-state index contributed by atoms with van der Waals surface area (Å²) in [6.45, 7) is 5.83. The predicted octanol–water partition coefficient (Wildman–Crippen LogP) is 1.58. The summed E-state index contributed by atoms with van der Waals surface area (Å²) in [5.41, 5.74) is -0.00181. The fourth-order valence-electron chi connectivity index (χ4n) is 3.25. The molecule has 0 bridgehead atoms. The van der Waals surface area contributed by atoms with Crippen molar-refractivity contribution >= 4 is 6.03 Å². The molecule has 0 aromatic carbocycles. The number of hydrogen-bond donors (Lipinski definition) is 0. The maximum atomic E-state index is 12.2. The Labute approximate surface area is 115 Å². The highest BCUT2D eigenvalue weighted by atomic mass is 16.5. The topological polar surface area (TPSA) is 42.0 Å². The van der Waals surface area contributed by atoms with Crippen molar-refractivity contribution in [1.29, 1.82) is 0 Å². The monoisotopic (exact) mass is 270 g/mol. The molecule has 0 aliphatic carbocycles. The van der Waals surface area contributed by atoms with Crippen LogP contribution in [0.1, 0.15) is 26.2 Å². The lowest BCUT2D eigenvalue weighted by molar-refractivity contribution is -0.146. The van der Waals surface area contributed by atoms with Crippen LogP contribution < -0.4 is 0 Å². The number of piperidine rings is 1. The zero-order valence-electron chi connectivity index (χ0n) is 12.4. The van der Waals surface area contributed by atoms with Crippen LogP contribution in [0.3, 0.4) is 0 Å². The van der Waals surface area contributed by atoms with E-state index in [4.69, 9.17) is 9.47 Å². The van der Waals surface area contributed by atoms with E-state index >= 15 is 0 Å². The number of nitrogens with zero attached hydrogens (tertiary/aromatic N) is 2. The molecule has 2 amide bonds. The Balaban J connectivity index is 2.09. The van der Waals surface area contributed by atoms with E-state index in [0.717, 1.165) is 45.6 Å². The lowest BCUT2D eigenvalue weighted by atomic mass is 9.73. The zero-order valence-corrected chi connectivity index (χ0v) is 12.4. The Morgan fingerprint density at radius 3 is 3.00 bits per heavy atom. The van der Waals surface area contributed by atoms with Gasteiger partial charge in [0.05, 0.1) is 12.7 Å². The van der Waals surface area contributed by atoms with Gasteiger partial charge >= 0.3 is 6.03 Å². The molecule has 5 heteroatoms. The van der Waals surface area contributed by atoms with Gasteiger partial charge in [-0.1, -0.05) is 0 Å². The largest absolute Gasteiger partial charge is 0.381 e. The third-order valence-corrected chi connectivity index (χ3v) is 4.23. The summed E-state index contributed by atoms with van der Waals surface area (Å²) in [4.78, 5) is 15.8. The molecule has 0 saturated carbocycles. The smallest absolute Gasteiger partial charge is 0.319 e. The van der Waals surface area contributed by atoms with E-state index < -0.39 is 0 Å². The number of ether oxygens (including phenoxy) is 2. The molecule has 0 aromatic rings. The Kier molecular flexibility index (Phi) is 4.68. The molecule has 110 valence electrons. The molecule has 2 aliphatic rings. The zero-order chi connectivity index (χ0) is 13.9. The molecule has 0 N–H and O–H groups in total. The van der Waals surface area contributed by atoms with Crippen LogP contribution in [0.2, 0.25) is 0 Å². The number of carbonyl (C=O) groups is 1. The molecule has 19 heavy (non-hydrogen) atoms.